The number of ether oxygens (including phenoxy) is 1. The van der Waals surface area contributed by atoms with E-state index in [-0.39, 0.29) is 11.3 Å². The Kier molecular flexibility index (Phi) is 5.02. The van der Waals surface area contributed by atoms with Gasteiger partial charge in [0.2, 0.25) is 0 Å². The molecule has 2 aromatic heterocycles. The number of benzene rings is 1. The molecule has 0 radical (unpaired) electrons. The number of aryl methyl sites for hydroxylation is 2. The number of nitrogens with one attached hydrogen (secondary N) is 1. The number of nitrogens with zero attached hydrogens (tertiary/aromatic N) is 4. The molecule has 28 heavy (non-hydrogen) atoms. The van der Waals surface area contributed by atoms with Crippen molar-refractivity contribution in [3.05, 3.63) is 47.0 Å². The van der Waals surface area contributed by atoms with Crippen LogP contribution in [0.4, 0.5) is 10.1 Å². The fraction of sp³-hybridized carbons (Fsp3) is 0.294. The number of esters is 1. The predicted molar refractivity (Wildman–Crippen MR) is 98.0 cm³/mol. The number of rotatable bonds is 5. The molecule has 9 nitrogen and oxygen atoms in total. The van der Waals surface area contributed by atoms with Crippen LogP contribution in [0.15, 0.2) is 29.4 Å². The van der Waals surface area contributed by atoms with Crippen LogP contribution in [-0.4, -0.2) is 40.1 Å². The van der Waals surface area contributed by atoms with E-state index in [2.05, 4.69) is 19.8 Å². The zero-order valence-corrected chi connectivity index (χ0v) is 16.4. The van der Waals surface area contributed by atoms with Crippen molar-refractivity contribution in [1.29, 1.82) is 0 Å². The molecule has 3 rings (SSSR count). The second kappa shape index (κ2) is 7.15. The van der Waals surface area contributed by atoms with Gasteiger partial charge in [0.05, 0.1) is 17.4 Å². The maximum atomic E-state index is 14.3. The van der Waals surface area contributed by atoms with Gasteiger partial charge in [-0.15, -0.1) is 5.10 Å². The highest BCUT2D eigenvalue weighted by molar-refractivity contribution is 7.92. The summed E-state index contributed by atoms with van der Waals surface area (Å²) in [5, 5.41) is 3.33. The molecule has 0 amide bonds. The monoisotopic (exact) mass is 407 g/mol. The summed E-state index contributed by atoms with van der Waals surface area (Å²) in [6.07, 6.45) is -0.461. The van der Waals surface area contributed by atoms with Crippen molar-refractivity contribution >= 4 is 27.5 Å². The zero-order chi connectivity index (χ0) is 20.6. The summed E-state index contributed by atoms with van der Waals surface area (Å²) in [6, 6.07) is 5.28. The van der Waals surface area contributed by atoms with Gasteiger partial charge in [0, 0.05) is 11.4 Å². The Bertz CT molecular complexity index is 1170. The third-order valence-corrected chi connectivity index (χ3v) is 4.78. The molecule has 1 aromatic carbocycles. The molecule has 11 heteroatoms. The largest absolute Gasteiger partial charge is 0.459 e. The Morgan fingerprint density at radius 3 is 2.64 bits per heavy atom. The van der Waals surface area contributed by atoms with Crippen LogP contribution in [0.25, 0.3) is 5.78 Å². The average Bonchev–Trinajstić information content (AvgIpc) is 3.01. The van der Waals surface area contributed by atoms with Crippen molar-refractivity contribution < 1.29 is 22.3 Å². The number of aromatic nitrogens is 4. The third kappa shape index (κ3) is 3.79. The molecule has 1 N–H and O–H groups in total. The van der Waals surface area contributed by atoms with Crippen LogP contribution in [0, 0.1) is 19.7 Å². The quantitative estimate of drug-likeness (QED) is 0.645. The number of fused-ring (bicyclic) bond motifs is 1. The lowest BCUT2D eigenvalue weighted by Crippen LogP contribution is -2.20. The number of carbonyl (C=O) groups is 1. The topological polar surface area (TPSA) is 116 Å². The van der Waals surface area contributed by atoms with Gasteiger partial charge >= 0.3 is 5.97 Å². The van der Waals surface area contributed by atoms with Gasteiger partial charge in [0.1, 0.15) is 5.82 Å². The van der Waals surface area contributed by atoms with E-state index in [4.69, 9.17) is 4.74 Å². The molecule has 0 unspecified atom stereocenters. The summed E-state index contributed by atoms with van der Waals surface area (Å²) in [4.78, 5) is 20.2. The van der Waals surface area contributed by atoms with E-state index in [1.807, 2.05) is 0 Å². The highest BCUT2D eigenvalue weighted by Crippen LogP contribution is 2.24. The molecule has 3 aromatic rings. The highest BCUT2D eigenvalue weighted by Gasteiger charge is 2.27. The van der Waals surface area contributed by atoms with Crippen molar-refractivity contribution in [2.24, 2.45) is 0 Å². The van der Waals surface area contributed by atoms with Crippen molar-refractivity contribution in [3.8, 4) is 0 Å². The molecule has 148 valence electrons. The number of hydrogen-bond donors (Lipinski definition) is 1. The molecule has 0 aliphatic heterocycles. The molecular formula is C17H18FN5O4S. The first-order chi connectivity index (χ1) is 13.1. The Morgan fingerprint density at radius 1 is 1.25 bits per heavy atom. The first kappa shape index (κ1) is 19.7. The minimum absolute atomic E-state index is 0.0887. The number of para-hydroxylation sites is 1. The smallest absolute Gasteiger partial charge is 0.340 e. The van der Waals surface area contributed by atoms with Crippen LogP contribution < -0.4 is 4.72 Å². The van der Waals surface area contributed by atoms with Crippen molar-refractivity contribution in [2.75, 3.05) is 4.72 Å². The standard InChI is InChI=1S/C17H18FN5O4S/c1-9(2)27-15(24)12-6-5-7-13(18)14(12)22-28(25,26)17-20-16-19-10(3)8-11(4)23(16)21-17/h5-9,22H,1-4H3. The predicted octanol–water partition coefficient (Wildman–Crippen LogP) is 2.25. The van der Waals surface area contributed by atoms with Crippen LogP contribution in [0.5, 0.6) is 0 Å². The van der Waals surface area contributed by atoms with Gasteiger partial charge in [-0.05, 0) is 45.9 Å². The number of sulfonamides is 1. The second-order valence-corrected chi connectivity index (χ2v) is 7.94. The van der Waals surface area contributed by atoms with Gasteiger partial charge in [0.15, 0.2) is 0 Å². The first-order valence-electron chi connectivity index (χ1n) is 8.32. The van der Waals surface area contributed by atoms with E-state index >= 15 is 0 Å². The molecule has 0 fully saturated rings. The Morgan fingerprint density at radius 2 is 1.96 bits per heavy atom. The summed E-state index contributed by atoms with van der Waals surface area (Å²) >= 11 is 0. The number of anilines is 1. The van der Waals surface area contributed by atoms with E-state index in [0.29, 0.717) is 11.4 Å². The SMILES string of the molecule is Cc1cc(C)n2nc(S(=O)(=O)Nc3c(F)cccc3C(=O)OC(C)C)nc2n1. The number of halogens is 1. The van der Waals surface area contributed by atoms with E-state index in [1.165, 1.54) is 16.6 Å². The van der Waals surface area contributed by atoms with Gasteiger partial charge in [-0.3, -0.25) is 4.72 Å². The van der Waals surface area contributed by atoms with E-state index < -0.39 is 38.8 Å². The van der Waals surface area contributed by atoms with Crippen LogP contribution in [-0.2, 0) is 14.8 Å². The lowest BCUT2D eigenvalue weighted by atomic mass is 10.2. The van der Waals surface area contributed by atoms with Crippen LogP contribution >= 0.6 is 0 Å². The molecule has 0 saturated heterocycles. The normalized spacial score (nSPS) is 11.8. The van der Waals surface area contributed by atoms with E-state index in [9.17, 15) is 17.6 Å². The third-order valence-electron chi connectivity index (χ3n) is 3.65. The zero-order valence-electron chi connectivity index (χ0n) is 15.6. The van der Waals surface area contributed by atoms with Crippen LogP contribution in [0.1, 0.15) is 35.6 Å². The number of carbonyl (C=O) groups excluding carboxylic acids is 1. The summed E-state index contributed by atoms with van der Waals surface area (Å²) < 4.78 is 48.1. The van der Waals surface area contributed by atoms with E-state index in [1.54, 1.807) is 33.8 Å². The van der Waals surface area contributed by atoms with Crippen LogP contribution in [0.3, 0.4) is 0 Å². The highest BCUT2D eigenvalue weighted by atomic mass is 32.2. The Hall–Kier alpha value is -3.08. The molecule has 2 heterocycles. The summed E-state index contributed by atoms with van der Waals surface area (Å²) in [5.74, 6) is -1.70. The van der Waals surface area contributed by atoms with Crippen molar-refractivity contribution in [2.45, 2.75) is 39.0 Å². The molecule has 0 spiro atoms. The minimum Gasteiger partial charge on any atom is -0.459 e. The lowest BCUT2D eigenvalue weighted by Gasteiger charge is -2.13. The second-order valence-electron chi connectivity index (χ2n) is 6.37. The molecule has 0 aliphatic carbocycles. The fourth-order valence-corrected chi connectivity index (χ4v) is 3.48. The summed E-state index contributed by atoms with van der Waals surface area (Å²) in [6.45, 7) is 6.70. The number of hydrogen-bond acceptors (Lipinski definition) is 7. The van der Waals surface area contributed by atoms with Gasteiger partial charge in [-0.2, -0.15) is 13.4 Å². The average molecular weight is 407 g/mol. The summed E-state index contributed by atoms with van der Waals surface area (Å²) in [7, 11) is -4.39. The maximum Gasteiger partial charge on any atom is 0.340 e. The minimum atomic E-state index is -4.39. The Labute approximate surface area is 160 Å². The molecule has 0 aliphatic rings. The van der Waals surface area contributed by atoms with Gasteiger partial charge in [-0.25, -0.2) is 18.7 Å². The summed E-state index contributed by atoms with van der Waals surface area (Å²) in [5.41, 5.74) is 0.477. The fourth-order valence-electron chi connectivity index (χ4n) is 2.52. The Balaban J connectivity index is 2.04. The van der Waals surface area contributed by atoms with Crippen molar-refractivity contribution in [3.63, 3.8) is 0 Å². The molecule has 0 saturated carbocycles. The lowest BCUT2D eigenvalue weighted by molar-refractivity contribution is 0.0378. The van der Waals surface area contributed by atoms with Gasteiger partial charge in [-0.1, -0.05) is 6.07 Å². The van der Waals surface area contributed by atoms with Gasteiger partial charge in [0.25, 0.3) is 21.0 Å². The van der Waals surface area contributed by atoms with Crippen molar-refractivity contribution in [1.82, 2.24) is 19.6 Å². The van der Waals surface area contributed by atoms with Crippen LogP contribution in [0.2, 0.25) is 0 Å². The maximum absolute atomic E-state index is 14.3. The first-order valence-corrected chi connectivity index (χ1v) is 9.80. The van der Waals surface area contributed by atoms with E-state index in [0.717, 1.165) is 6.07 Å². The van der Waals surface area contributed by atoms with Gasteiger partial charge < -0.3 is 4.74 Å². The molecule has 0 bridgehead atoms. The molecular weight excluding hydrogens is 389 g/mol. The molecule has 0 atom stereocenters.